The van der Waals surface area contributed by atoms with E-state index in [-0.39, 0.29) is 42.0 Å². The third kappa shape index (κ3) is 8.77. The molecular weight excluding hydrogens is 782 g/mol. The van der Waals surface area contributed by atoms with Crippen LogP contribution in [0.4, 0.5) is 10.3 Å². The molecule has 15 nitrogen and oxygen atoms in total. The number of benzene rings is 2. The van der Waals surface area contributed by atoms with Crippen molar-refractivity contribution in [3.05, 3.63) is 105 Å². The number of carbonyl (C=O) groups excluding carboxylic acids is 3. The fourth-order valence-corrected chi connectivity index (χ4v) is 9.59. The Labute approximate surface area is 351 Å². The maximum absolute atomic E-state index is 15.0. The summed E-state index contributed by atoms with van der Waals surface area (Å²) in [4.78, 5) is 78.2. The quantitative estimate of drug-likeness (QED) is 0.191. The first-order valence-corrected chi connectivity index (χ1v) is 21.5. The second-order valence-corrected chi connectivity index (χ2v) is 16.7. The first-order valence-electron chi connectivity index (χ1n) is 21.5. The highest BCUT2D eigenvalue weighted by molar-refractivity contribution is 6.00. The monoisotopic (exact) mass is 831 g/mol. The molecule has 16 heteroatoms. The zero-order chi connectivity index (χ0) is 42.0. The maximum atomic E-state index is 15.0. The Kier molecular flexibility index (Phi) is 11.6. The Balaban J connectivity index is 0.702. The smallest absolute Gasteiger partial charge is 0.408 e. The third-order valence-corrected chi connectivity index (χ3v) is 13.0. The van der Waals surface area contributed by atoms with Crippen LogP contribution in [-0.4, -0.2) is 109 Å². The number of amides is 3. The first kappa shape index (κ1) is 40.4. The molecule has 4 fully saturated rings. The van der Waals surface area contributed by atoms with Crippen LogP contribution in [0.3, 0.4) is 0 Å². The van der Waals surface area contributed by atoms with Gasteiger partial charge in [0.2, 0.25) is 23.7 Å². The molecule has 4 aliphatic heterocycles. The van der Waals surface area contributed by atoms with Crippen molar-refractivity contribution in [3.8, 4) is 16.9 Å². The molecular formula is C45H50FN9O6. The van der Waals surface area contributed by atoms with E-state index in [1.54, 1.807) is 42.6 Å². The van der Waals surface area contributed by atoms with Crippen molar-refractivity contribution in [2.45, 2.75) is 81.8 Å². The van der Waals surface area contributed by atoms with Crippen molar-refractivity contribution in [1.82, 2.24) is 39.1 Å². The Bertz CT molecular complexity index is 2550. The van der Waals surface area contributed by atoms with Gasteiger partial charge in [-0.05, 0) is 113 Å². The van der Waals surface area contributed by atoms with E-state index in [1.165, 1.54) is 15.2 Å². The molecule has 61 heavy (non-hydrogen) atoms. The van der Waals surface area contributed by atoms with Crippen molar-refractivity contribution in [2.24, 2.45) is 0 Å². The normalized spacial score (nSPS) is 20.3. The fraction of sp³-hybridized carbons (Fsp3) is 0.444. The highest BCUT2D eigenvalue weighted by Gasteiger charge is 2.33. The number of likely N-dealkylation sites (tertiary alicyclic amines) is 3. The molecule has 2 aromatic carbocycles. The van der Waals surface area contributed by atoms with Crippen molar-refractivity contribution >= 4 is 34.8 Å². The minimum atomic E-state index is -0.754. The van der Waals surface area contributed by atoms with Gasteiger partial charge in [-0.25, -0.2) is 19.2 Å². The summed E-state index contributed by atoms with van der Waals surface area (Å²) in [5.74, 6) is -1.09. The van der Waals surface area contributed by atoms with E-state index in [9.17, 15) is 28.4 Å². The van der Waals surface area contributed by atoms with Gasteiger partial charge >= 0.3 is 5.76 Å². The number of pyridine rings is 1. The summed E-state index contributed by atoms with van der Waals surface area (Å²) in [5, 5.41) is 5.68. The van der Waals surface area contributed by atoms with Crippen LogP contribution in [0.2, 0.25) is 0 Å². The number of nitrogens with zero attached hydrogens (tertiary/aromatic N) is 7. The molecule has 0 aliphatic carbocycles. The van der Waals surface area contributed by atoms with Gasteiger partial charge in [-0.15, -0.1) is 0 Å². The van der Waals surface area contributed by atoms with Crippen molar-refractivity contribution in [3.63, 3.8) is 0 Å². The Morgan fingerprint density at radius 3 is 2.44 bits per heavy atom. The number of oxazole rings is 1. The molecule has 0 saturated carbocycles. The topological polar surface area (TPSA) is 168 Å². The van der Waals surface area contributed by atoms with Crippen LogP contribution in [0.1, 0.15) is 75.3 Å². The van der Waals surface area contributed by atoms with Gasteiger partial charge in [0.15, 0.2) is 11.4 Å². The number of aromatic nitrogens is 4. The fourth-order valence-electron chi connectivity index (χ4n) is 9.59. The van der Waals surface area contributed by atoms with Gasteiger partial charge in [-0.1, -0.05) is 24.3 Å². The average molecular weight is 832 g/mol. The number of imide groups is 1. The van der Waals surface area contributed by atoms with Crippen LogP contribution >= 0.6 is 0 Å². The first-order chi connectivity index (χ1) is 29.7. The Morgan fingerprint density at radius 1 is 0.869 bits per heavy atom. The van der Waals surface area contributed by atoms with E-state index in [2.05, 4.69) is 30.4 Å². The van der Waals surface area contributed by atoms with Gasteiger partial charge in [-0.2, -0.15) is 0 Å². The number of halogens is 1. The van der Waals surface area contributed by atoms with Gasteiger partial charge in [0.1, 0.15) is 11.7 Å². The van der Waals surface area contributed by atoms with E-state index in [0.717, 1.165) is 83.0 Å². The summed E-state index contributed by atoms with van der Waals surface area (Å²) >= 11 is 0. The summed E-state index contributed by atoms with van der Waals surface area (Å²) in [6, 6.07) is 17.6. The van der Waals surface area contributed by atoms with E-state index < -0.39 is 23.5 Å². The van der Waals surface area contributed by atoms with Crippen LogP contribution in [0.25, 0.3) is 28.0 Å². The summed E-state index contributed by atoms with van der Waals surface area (Å²) in [7, 11) is 0. The number of hydrogen-bond donors (Lipinski definition) is 2. The summed E-state index contributed by atoms with van der Waals surface area (Å²) in [6.07, 6.45) is 9.43. The number of hydrogen-bond acceptors (Lipinski definition) is 11. The predicted molar refractivity (Wildman–Crippen MR) is 226 cm³/mol. The zero-order valence-electron chi connectivity index (χ0n) is 34.0. The highest BCUT2D eigenvalue weighted by Crippen LogP contribution is 2.33. The minimum Gasteiger partial charge on any atom is -0.408 e. The van der Waals surface area contributed by atoms with Crippen LogP contribution in [0.15, 0.2) is 87.1 Å². The summed E-state index contributed by atoms with van der Waals surface area (Å²) in [6.45, 7) is 5.96. The lowest BCUT2D eigenvalue weighted by Gasteiger charge is -2.42. The van der Waals surface area contributed by atoms with Gasteiger partial charge in [0.25, 0.3) is 5.56 Å². The van der Waals surface area contributed by atoms with E-state index in [0.29, 0.717) is 59.8 Å². The van der Waals surface area contributed by atoms with E-state index >= 15 is 0 Å². The summed E-state index contributed by atoms with van der Waals surface area (Å²) in [5.41, 5.74) is 3.29. The number of piperidine rings is 4. The molecule has 9 rings (SSSR count). The minimum absolute atomic E-state index is 0.0478. The second-order valence-electron chi connectivity index (χ2n) is 16.7. The molecule has 7 heterocycles. The van der Waals surface area contributed by atoms with Crippen LogP contribution in [0.5, 0.6) is 0 Å². The van der Waals surface area contributed by atoms with Gasteiger partial charge in [0, 0.05) is 68.1 Å². The number of nitrogens with one attached hydrogen (secondary N) is 2. The maximum Gasteiger partial charge on any atom is 0.420 e. The largest absolute Gasteiger partial charge is 0.420 e. The molecule has 0 spiro atoms. The highest BCUT2D eigenvalue weighted by atomic mass is 19.1. The van der Waals surface area contributed by atoms with E-state index in [4.69, 9.17) is 4.42 Å². The second kappa shape index (κ2) is 17.5. The number of anilines is 1. The Morgan fingerprint density at radius 2 is 1.67 bits per heavy atom. The molecule has 4 aliphatic rings. The van der Waals surface area contributed by atoms with Gasteiger partial charge in [0.05, 0.1) is 11.7 Å². The van der Waals surface area contributed by atoms with Crippen molar-refractivity contribution < 1.29 is 23.2 Å². The van der Waals surface area contributed by atoms with Gasteiger partial charge in [-0.3, -0.25) is 33.6 Å². The molecule has 1 atom stereocenters. The average Bonchev–Trinajstić information content (AvgIpc) is 3.61. The van der Waals surface area contributed by atoms with Gasteiger partial charge < -0.3 is 24.4 Å². The lowest BCUT2D eigenvalue weighted by molar-refractivity contribution is -0.136. The molecule has 2 N–H and O–H groups in total. The molecule has 318 valence electrons. The number of fused-ring (bicyclic) bond motifs is 1. The van der Waals surface area contributed by atoms with Crippen LogP contribution in [0, 0.1) is 5.82 Å². The lowest BCUT2D eigenvalue weighted by atomic mass is 9.88. The SMILES string of the molecule is O=C1CCC(n2c(=O)oc3cc(C4CCN(C5CCN(CCC(=O)N6CCC(Nc7ncc(F)c(-c8cccc(-n9ccccc9=O)c8)n7)CC6)CC5)CC4)ccc32)C(=O)N1. The number of carbonyl (C=O) groups is 3. The van der Waals surface area contributed by atoms with Crippen molar-refractivity contribution in [1.29, 1.82) is 0 Å². The third-order valence-electron chi connectivity index (χ3n) is 13.0. The molecule has 3 amide bonds. The molecule has 5 aromatic rings. The summed E-state index contributed by atoms with van der Waals surface area (Å²) < 4.78 is 23.4. The standard InChI is InChI=1S/C45H50FN9O6/c46-35-28-47-44(50-42(35)31-4-3-5-34(26-31)54-18-2-1-6-41(54)58)48-32-13-24-53(25-14-32)40(57)17-21-51-19-15-33(16-20-51)52-22-11-29(12-23-52)30-7-8-36-38(27-30)61-45(60)55(36)37-9-10-39(56)49-43(37)59/h1-8,18,26-29,32-33,37H,9-17,19-25H2,(H,47,48,50)(H,49,56,59). The zero-order valence-corrected chi connectivity index (χ0v) is 34.0. The van der Waals surface area contributed by atoms with Crippen LogP contribution in [-0.2, 0) is 14.4 Å². The van der Waals surface area contributed by atoms with Crippen molar-refractivity contribution in [2.75, 3.05) is 51.1 Å². The molecule has 4 saturated heterocycles. The Hall–Kier alpha value is -6.00. The van der Waals surface area contributed by atoms with Crippen LogP contribution < -0.4 is 21.9 Å². The molecule has 3 aromatic heterocycles. The molecule has 0 bridgehead atoms. The molecule has 1 unspecified atom stereocenters. The lowest BCUT2D eigenvalue weighted by Crippen LogP contribution is -2.48. The predicted octanol–water partition coefficient (Wildman–Crippen LogP) is 4.46. The van der Waals surface area contributed by atoms with E-state index in [1.807, 2.05) is 23.1 Å². The molecule has 0 radical (unpaired) electrons. The number of rotatable bonds is 10.